The molecule has 0 spiro atoms. The summed E-state index contributed by atoms with van der Waals surface area (Å²) in [7, 11) is 1.97. The maximum atomic E-state index is 12.8. The van der Waals surface area contributed by atoms with Gasteiger partial charge in [-0.2, -0.15) is 0 Å². The fraction of sp³-hybridized carbons (Fsp3) is 0.190. The molecule has 1 aliphatic rings. The molecule has 0 fully saturated rings. The first-order valence-electron chi connectivity index (χ1n) is 8.71. The molecule has 0 N–H and O–H groups in total. The van der Waals surface area contributed by atoms with Crippen molar-refractivity contribution in [1.82, 2.24) is 10.2 Å². The summed E-state index contributed by atoms with van der Waals surface area (Å²) in [5.74, 6) is 0.645. The quantitative estimate of drug-likeness (QED) is 0.728. The number of carbonyl (C=O) groups excluding carboxylic acids is 1. The Kier molecular flexibility index (Phi) is 4.35. The first kappa shape index (κ1) is 16.3. The molecule has 0 saturated carbocycles. The lowest BCUT2D eigenvalue weighted by Crippen LogP contribution is -2.30. The van der Waals surface area contributed by atoms with E-state index in [1.165, 1.54) is 11.1 Å². The zero-order chi connectivity index (χ0) is 17.9. The minimum atomic E-state index is -0.0975. The normalized spacial score (nSPS) is 12.7. The standard InChI is InChI=1S/C21H20N4O/c1-24(15-16-7-3-2-4-8-16)20-12-11-18(22-23-20)21(26)25-14-13-17-9-5-6-10-19(17)25/h2-12H,13-15H2,1H3. The van der Waals surface area contributed by atoms with Crippen LogP contribution in [0.3, 0.4) is 0 Å². The average molecular weight is 344 g/mol. The van der Waals surface area contributed by atoms with Gasteiger partial charge in [0.1, 0.15) is 0 Å². The Labute approximate surface area is 152 Å². The number of nitrogens with zero attached hydrogens (tertiary/aromatic N) is 4. The van der Waals surface area contributed by atoms with Crippen LogP contribution in [0.25, 0.3) is 0 Å². The molecule has 5 heteroatoms. The van der Waals surface area contributed by atoms with Crippen LogP contribution < -0.4 is 9.80 Å². The van der Waals surface area contributed by atoms with Crippen molar-refractivity contribution in [2.75, 3.05) is 23.4 Å². The number of fused-ring (bicyclic) bond motifs is 1. The number of hydrogen-bond acceptors (Lipinski definition) is 4. The highest BCUT2D eigenvalue weighted by Crippen LogP contribution is 2.28. The smallest absolute Gasteiger partial charge is 0.278 e. The third kappa shape index (κ3) is 3.16. The molecule has 0 bridgehead atoms. The van der Waals surface area contributed by atoms with Crippen LogP contribution >= 0.6 is 0 Å². The molecule has 1 aromatic heterocycles. The van der Waals surface area contributed by atoms with Crippen molar-refractivity contribution in [2.45, 2.75) is 13.0 Å². The third-order valence-electron chi connectivity index (χ3n) is 4.66. The second-order valence-electron chi connectivity index (χ2n) is 6.45. The summed E-state index contributed by atoms with van der Waals surface area (Å²) in [6, 6.07) is 21.8. The minimum Gasteiger partial charge on any atom is -0.354 e. The zero-order valence-corrected chi connectivity index (χ0v) is 14.7. The lowest BCUT2D eigenvalue weighted by atomic mass is 10.2. The van der Waals surface area contributed by atoms with Crippen LogP contribution in [0.5, 0.6) is 0 Å². The molecule has 2 heterocycles. The average Bonchev–Trinajstić information content (AvgIpc) is 3.12. The number of anilines is 2. The van der Waals surface area contributed by atoms with Gasteiger partial charge in [0.25, 0.3) is 5.91 Å². The first-order chi connectivity index (χ1) is 12.7. The van der Waals surface area contributed by atoms with Crippen LogP contribution in [0.1, 0.15) is 21.6 Å². The summed E-state index contributed by atoms with van der Waals surface area (Å²) in [6.45, 7) is 1.43. The summed E-state index contributed by atoms with van der Waals surface area (Å²) in [6.07, 6.45) is 0.882. The fourth-order valence-electron chi connectivity index (χ4n) is 3.27. The van der Waals surface area contributed by atoms with Crippen molar-refractivity contribution >= 4 is 17.4 Å². The van der Waals surface area contributed by atoms with Gasteiger partial charge in [-0.25, -0.2) is 0 Å². The summed E-state index contributed by atoms with van der Waals surface area (Å²) >= 11 is 0. The number of benzene rings is 2. The number of hydrogen-bond donors (Lipinski definition) is 0. The SMILES string of the molecule is CN(Cc1ccccc1)c1ccc(C(=O)N2CCc3ccccc32)nn1. The number of amides is 1. The lowest BCUT2D eigenvalue weighted by molar-refractivity contribution is 0.0983. The van der Waals surface area contributed by atoms with E-state index in [1.807, 2.05) is 54.4 Å². The van der Waals surface area contributed by atoms with Gasteiger partial charge in [0.2, 0.25) is 0 Å². The number of carbonyl (C=O) groups is 1. The van der Waals surface area contributed by atoms with Crippen LogP contribution in [0, 0.1) is 0 Å². The van der Waals surface area contributed by atoms with E-state index in [0.717, 1.165) is 24.5 Å². The highest BCUT2D eigenvalue weighted by Gasteiger charge is 2.26. The molecule has 26 heavy (non-hydrogen) atoms. The highest BCUT2D eigenvalue weighted by atomic mass is 16.2. The molecule has 2 aromatic carbocycles. The van der Waals surface area contributed by atoms with Gasteiger partial charge in [-0.3, -0.25) is 4.79 Å². The fourth-order valence-corrected chi connectivity index (χ4v) is 3.27. The third-order valence-corrected chi connectivity index (χ3v) is 4.66. The van der Waals surface area contributed by atoms with E-state index in [-0.39, 0.29) is 5.91 Å². The molecular weight excluding hydrogens is 324 g/mol. The molecule has 0 aliphatic carbocycles. The molecule has 1 amide bonds. The molecule has 5 nitrogen and oxygen atoms in total. The molecule has 0 radical (unpaired) electrons. The monoisotopic (exact) mass is 344 g/mol. The minimum absolute atomic E-state index is 0.0975. The van der Waals surface area contributed by atoms with E-state index in [0.29, 0.717) is 12.2 Å². The van der Waals surface area contributed by atoms with E-state index in [9.17, 15) is 4.79 Å². The molecular formula is C21H20N4O. The van der Waals surface area contributed by atoms with Crippen molar-refractivity contribution in [3.05, 3.63) is 83.6 Å². The van der Waals surface area contributed by atoms with Crippen LogP contribution in [0.4, 0.5) is 11.5 Å². The molecule has 130 valence electrons. The number of rotatable bonds is 4. The Morgan fingerprint density at radius 3 is 2.54 bits per heavy atom. The molecule has 0 unspecified atom stereocenters. The topological polar surface area (TPSA) is 49.3 Å². The van der Waals surface area contributed by atoms with Crippen LogP contribution in [-0.4, -0.2) is 29.7 Å². The van der Waals surface area contributed by atoms with E-state index in [2.05, 4.69) is 28.4 Å². The van der Waals surface area contributed by atoms with Gasteiger partial charge >= 0.3 is 0 Å². The van der Waals surface area contributed by atoms with Crippen LogP contribution in [0.2, 0.25) is 0 Å². The maximum Gasteiger partial charge on any atom is 0.278 e. The van der Waals surface area contributed by atoms with Gasteiger partial charge in [-0.15, -0.1) is 10.2 Å². The van der Waals surface area contributed by atoms with Gasteiger partial charge in [0.05, 0.1) is 0 Å². The summed E-state index contributed by atoms with van der Waals surface area (Å²) in [4.78, 5) is 16.6. The van der Waals surface area contributed by atoms with Gasteiger partial charge < -0.3 is 9.80 Å². The Hall–Kier alpha value is -3.21. The number of para-hydroxylation sites is 1. The second kappa shape index (κ2) is 6.96. The van der Waals surface area contributed by atoms with Gasteiger partial charge in [-0.05, 0) is 35.7 Å². The molecule has 0 saturated heterocycles. The largest absolute Gasteiger partial charge is 0.354 e. The van der Waals surface area contributed by atoms with Gasteiger partial charge in [0, 0.05) is 25.8 Å². The van der Waals surface area contributed by atoms with E-state index in [1.54, 1.807) is 11.0 Å². The van der Waals surface area contributed by atoms with E-state index >= 15 is 0 Å². The van der Waals surface area contributed by atoms with Gasteiger partial charge in [-0.1, -0.05) is 48.5 Å². The summed E-state index contributed by atoms with van der Waals surface area (Å²) < 4.78 is 0. The van der Waals surface area contributed by atoms with Crippen molar-refractivity contribution in [3.63, 3.8) is 0 Å². The molecule has 0 atom stereocenters. The molecule has 3 aromatic rings. The first-order valence-corrected chi connectivity index (χ1v) is 8.71. The second-order valence-corrected chi connectivity index (χ2v) is 6.45. The Morgan fingerprint density at radius 1 is 1.00 bits per heavy atom. The Balaban J connectivity index is 1.48. The van der Waals surface area contributed by atoms with Gasteiger partial charge in [0.15, 0.2) is 11.5 Å². The van der Waals surface area contributed by atoms with Crippen molar-refractivity contribution in [1.29, 1.82) is 0 Å². The van der Waals surface area contributed by atoms with Crippen molar-refractivity contribution < 1.29 is 4.79 Å². The predicted octanol–water partition coefficient (Wildman–Crippen LogP) is 3.32. The lowest BCUT2D eigenvalue weighted by Gasteiger charge is -2.19. The van der Waals surface area contributed by atoms with Crippen molar-refractivity contribution in [2.24, 2.45) is 0 Å². The zero-order valence-electron chi connectivity index (χ0n) is 14.7. The predicted molar refractivity (Wildman–Crippen MR) is 102 cm³/mol. The Morgan fingerprint density at radius 2 is 1.77 bits per heavy atom. The van der Waals surface area contributed by atoms with Crippen molar-refractivity contribution in [3.8, 4) is 0 Å². The Bertz CT molecular complexity index is 909. The van der Waals surface area contributed by atoms with Crippen LogP contribution in [-0.2, 0) is 13.0 Å². The molecule has 1 aliphatic heterocycles. The van der Waals surface area contributed by atoms with Crippen LogP contribution in [0.15, 0.2) is 66.7 Å². The maximum absolute atomic E-state index is 12.8. The van der Waals surface area contributed by atoms with E-state index < -0.39 is 0 Å². The molecule has 4 rings (SSSR count). The van der Waals surface area contributed by atoms with E-state index in [4.69, 9.17) is 0 Å². The summed E-state index contributed by atoms with van der Waals surface area (Å²) in [5.41, 5.74) is 3.75. The summed E-state index contributed by atoms with van der Waals surface area (Å²) in [5, 5.41) is 8.43. The highest BCUT2D eigenvalue weighted by molar-refractivity contribution is 6.06. The number of aromatic nitrogens is 2.